The van der Waals surface area contributed by atoms with Gasteiger partial charge in [-0.1, -0.05) is 0 Å². The van der Waals surface area contributed by atoms with Crippen molar-refractivity contribution in [2.75, 3.05) is 7.05 Å². The second-order valence-corrected chi connectivity index (χ2v) is 2.79. The third-order valence-corrected chi connectivity index (χ3v) is 1.79. The van der Waals surface area contributed by atoms with Gasteiger partial charge in [-0.25, -0.2) is 0 Å². The first-order valence-corrected chi connectivity index (χ1v) is 3.98. The molecule has 0 bridgehead atoms. The van der Waals surface area contributed by atoms with E-state index in [1.165, 1.54) is 18.0 Å². The molecule has 1 aromatic heterocycles. The van der Waals surface area contributed by atoms with Crippen LogP contribution in [0.5, 0.6) is 0 Å². The van der Waals surface area contributed by atoms with E-state index in [0.717, 1.165) is 0 Å². The molecule has 4 heteroatoms. The molecule has 1 unspecified atom stereocenters. The summed E-state index contributed by atoms with van der Waals surface area (Å²) in [7, 11) is 1.54. The van der Waals surface area contributed by atoms with Crippen molar-refractivity contribution in [3.63, 3.8) is 0 Å². The maximum atomic E-state index is 11.5. The minimum Gasteiger partial charge on any atom is -0.374 e. The van der Waals surface area contributed by atoms with Crippen LogP contribution >= 0.6 is 0 Å². The molecule has 0 aromatic carbocycles. The van der Waals surface area contributed by atoms with Gasteiger partial charge in [-0.2, -0.15) is 0 Å². The monoisotopic (exact) mass is 180 g/mol. The molecule has 13 heavy (non-hydrogen) atoms. The van der Waals surface area contributed by atoms with Crippen LogP contribution in [0.15, 0.2) is 24.5 Å². The Hall–Kier alpha value is -1.42. The maximum Gasteiger partial charge on any atom is 0.257 e. The van der Waals surface area contributed by atoms with Crippen LogP contribution in [-0.4, -0.2) is 34.2 Å². The van der Waals surface area contributed by atoms with Crippen LogP contribution in [0.2, 0.25) is 0 Å². The average molecular weight is 180 g/mol. The summed E-state index contributed by atoms with van der Waals surface area (Å²) in [5.74, 6) is -0.233. The first kappa shape index (κ1) is 9.67. The molecular weight excluding hydrogens is 168 g/mol. The van der Waals surface area contributed by atoms with Crippen LogP contribution in [-0.2, 0) is 0 Å². The van der Waals surface area contributed by atoms with E-state index < -0.39 is 6.23 Å². The van der Waals surface area contributed by atoms with Crippen LogP contribution in [0.25, 0.3) is 0 Å². The van der Waals surface area contributed by atoms with E-state index in [9.17, 15) is 4.79 Å². The highest BCUT2D eigenvalue weighted by molar-refractivity contribution is 5.93. The molecule has 0 spiro atoms. The maximum absolute atomic E-state index is 11.5. The van der Waals surface area contributed by atoms with Crippen LogP contribution < -0.4 is 0 Å². The van der Waals surface area contributed by atoms with Crippen LogP contribution in [0.4, 0.5) is 0 Å². The normalized spacial score (nSPS) is 12.2. The standard InChI is InChI=1S/C9H12N2O2/c1-7(12)11(2)9(13)8-4-3-5-10-6-8/h3-7,12H,1-2H3. The molecule has 0 aliphatic heterocycles. The van der Waals surface area contributed by atoms with Crippen LogP contribution in [0.1, 0.15) is 17.3 Å². The summed E-state index contributed by atoms with van der Waals surface area (Å²) in [5, 5.41) is 9.14. The molecule has 1 aromatic rings. The Kier molecular flexibility index (Phi) is 2.97. The summed E-state index contributed by atoms with van der Waals surface area (Å²) in [6.45, 7) is 1.54. The van der Waals surface area contributed by atoms with Gasteiger partial charge in [0.1, 0.15) is 6.23 Å². The number of amides is 1. The summed E-state index contributed by atoms with van der Waals surface area (Å²) >= 11 is 0. The van der Waals surface area contributed by atoms with Crippen molar-refractivity contribution in [2.24, 2.45) is 0 Å². The minimum absolute atomic E-state index is 0.233. The molecule has 0 radical (unpaired) electrons. The first-order valence-electron chi connectivity index (χ1n) is 3.98. The Morgan fingerprint density at radius 2 is 2.38 bits per heavy atom. The highest BCUT2D eigenvalue weighted by Gasteiger charge is 2.14. The number of hydrogen-bond acceptors (Lipinski definition) is 3. The molecule has 0 saturated carbocycles. The second-order valence-electron chi connectivity index (χ2n) is 2.79. The van der Waals surface area contributed by atoms with Crippen molar-refractivity contribution >= 4 is 5.91 Å². The molecule has 0 aliphatic rings. The summed E-state index contributed by atoms with van der Waals surface area (Å²) in [6.07, 6.45) is 2.29. The number of pyridine rings is 1. The number of rotatable bonds is 2. The first-order chi connectivity index (χ1) is 6.13. The molecule has 0 saturated heterocycles. The van der Waals surface area contributed by atoms with Gasteiger partial charge in [-0.15, -0.1) is 0 Å². The molecule has 0 aliphatic carbocycles. The van der Waals surface area contributed by atoms with Gasteiger partial charge in [-0.3, -0.25) is 9.78 Å². The van der Waals surface area contributed by atoms with Crippen molar-refractivity contribution in [1.29, 1.82) is 0 Å². The van der Waals surface area contributed by atoms with Crippen LogP contribution in [0, 0.1) is 0 Å². The Morgan fingerprint density at radius 3 is 2.85 bits per heavy atom. The van der Waals surface area contributed by atoms with Gasteiger partial charge >= 0.3 is 0 Å². The van der Waals surface area contributed by atoms with Gasteiger partial charge in [0, 0.05) is 19.4 Å². The third kappa shape index (κ3) is 2.26. The van der Waals surface area contributed by atoms with E-state index in [1.54, 1.807) is 25.4 Å². The largest absolute Gasteiger partial charge is 0.374 e. The lowest BCUT2D eigenvalue weighted by Gasteiger charge is -2.19. The number of aliphatic hydroxyl groups is 1. The predicted octanol–water partition coefficient (Wildman–Crippen LogP) is 0.492. The zero-order chi connectivity index (χ0) is 9.84. The van der Waals surface area contributed by atoms with Gasteiger partial charge in [0.05, 0.1) is 5.56 Å². The van der Waals surface area contributed by atoms with Crippen molar-refractivity contribution in [3.05, 3.63) is 30.1 Å². The highest BCUT2D eigenvalue weighted by atomic mass is 16.3. The summed E-state index contributed by atoms with van der Waals surface area (Å²) < 4.78 is 0. The topological polar surface area (TPSA) is 53.4 Å². The van der Waals surface area contributed by atoms with E-state index in [2.05, 4.69) is 4.98 Å². The lowest BCUT2D eigenvalue weighted by atomic mass is 10.2. The fourth-order valence-corrected chi connectivity index (χ4v) is 0.863. The fourth-order valence-electron chi connectivity index (χ4n) is 0.863. The molecule has 1 heterocycles. The summed E-state index contributed by atoms with van der Waals surface area (Å²) in [4.78, 5) is 16.6. The molecule has 70 valence electrons. The lowest BCUT2D eigenvalue weighted by molar-refractivity contribution is 0.0293. The van der Waals surface area contributed by atoms with Crippen LogP contribution in [0.3, 0.4) is 0 Å². The van der Waals surface area contributed by atoms with E-state index in [4.69, 9.17) is 5.11 Å². The van der Waals surface area contributed by atoms with Crippen molar-refractivity contribution in [3.8, 4) is 0 Å². The Labute approximate surface area is 76.8 Å². The SMILES string of the molecule is CC(O)N(C)C(=O)c1cccnc1. The smallest absolute Gasteiger partial charge is 0.257 e. The van der Waals surface area contributed by atoms with Gasteiger partial charge in [0.25, 0.3) is 5.91 Å². The molecule has 1 atom stereocenters. The predicted molar refractivity (Wildman–Crippen MR) is 48.0 cm³/mol. The number of carbonyl (C=O) groups is 1. The average Bonchev–Trinajstić information content (AvgIpc) is 2.17. The summed E-state index contributed by atoms with van der Waals surface area (Å²) in [6, 6.07) is 3.34. The number of hydrogen-bond donors (Lipinski definition) is 1. The Morgan fingerprint density at radius 1 is 1.69 bits per heavy atom. The third-order valence-electron chi connectivity index (χ3n) is 1.79. The van der Waals surface area contributed by atoms with Gasteiger partial charge in [0.15, 0.2) is 0 Å². The van der Waals surface area contributed by atoms with E-state index in [1.807, 2.05) is 0 Å². The lowest BCUT2D eigenvalue weighted by Crippen LogP contribution is -2.34. The number of nitrogens with zero attached hydrogens (tertiary/aromatic N) is 2. The number of aromatic nitrogens is 1. The van der Waals surface area contributed by atoms with Crippen molar-refractivity contribution < 1.29 is 9.90 Å². The zero-order valence-electron chi connectivity index (χ0n) is 7.64. The van der Waals surface area contributed by atoms with Crippen molar-refractivity contribution in [1.82, 2.24) is 9.88 Å². The Balaban J connectivity index is 2.80. The second kappa shape index (κ2) is 4.00. The van der Waals surface area contributed by atoms with Crippen molar-refractivity contribution in [2.45, 2.75) is 13.2 Å². The molecule has 1 N–H and O–H groups in total. The molecule has 4 nitrogen and oxygen atoms in total. The minimum atomic E-state index is -0.785. The molecule has 0 fully saturated rings. The molecular formula is C9H12N2O2. The zero-order valence-corrected chi connectivity index (χ0v) is 7.64. The van der Waals surface area contributed by atoms with E-state index in [-0.39, 0.29) is 5.91 Å². The molecule has 1 amide bonds. The summed E-state index contributed by atoms with van der Waals surface area (Å²) in [5.41, 5.74) is 0.478. The number of carbonyl (C=O) groups excluding carboxylic acids is 1. The quantitative estimate of drug-likeness (QED) is 0.674. The van der Waals surface area contributed by atoms with E-state index in [0.29, 0.717) is 5.56 Å². The van der Waals surface area contributed by atoms with Gasteiger partial charge < -0.3 is 10.0 Å². The van der Waals surface area contributed by atoms with Gasteiger partial charge in [0.2, 0.25) is 0 Å². The highest BCUT2D eigenvalue weighted by Crippen LogP contribution is 2.02. The van der Waals surface area contributed by atoms with Gasteiger partial charge in [-0.05, 0) is 19.1 Å². The molecule has 1 rings (SSSR count). The Bertz CT molecular complexity index is 285. The van der Waals surface area contributed by atoms with E-state index >= 15 is 0 Å². The fraction of sp³-hybridized carbons (Fsp3) is 0.333. The number of aliphatic hydroxyl groups excluding tert-OH is 1.